The van der Waals surface area contributed by atoms with Gasteiger partial charge in [-0.1, -0.05) is 29.8 Å². The maximum atomic E-state index is 11.9. The molecule has 0 radical (unpaired) electrons. The molecule has 0 saturated carbocycles. The SMILES string of the molecule is Cc1cc(NC(=O)N[C@H](CC(C)C)C(=O)O)cc(C)c1Br. The summed E-state index contributed by atoms with van der Waals surface area (Å²) in [6.45, 7) is 7.69. The number of halogens is 1. The van der Waals surface area contributed by atoms with Gasteiger partial charge in [0, 0.05) is 10.2 Å². The average molecular weight is 357 g/mol. The summed E-state index contributed by atoms with van der Waals surface area (Å²) in [5.41, 5.74) is 2.64. The fourth-order valence-electron chi connectivity index (χ4n) is 2.04. The molecule has 0 heterocycles. The molecule has 0 bridgehead atoms. The lowest BCUT2D eigenvalue weighted by Gasteiger charge is -2.17. The van der Waals surface area contributed by atoms with Gasteiger partial charge in [-0.05, 0) is 49.4 Å². The number of hydrogen-bond donors (Lipinski definition) is 3. The van der Waals surface area contributed by atoms with E-state index in [0.29, 0.717) is 12.1 Å². The van der Waals surface area contributed by atoms with Crippen molar-refractivity contribution in [3.63, 3.8) is 0 Å². The molecule has 0 saturated heterocycles. The van der Waals surface area contributed by atoms with E-state index in [-0.39, 0.29) is 5.92 Å². The topological polar surface area (TPSA) is 78.4 Å². The van der Waals surface area contributed by atoms with Crippen molar-refractivity contribution < 1.29 is 14.7 Å². The first-order valence-corrected chi connectivity index (χ1v) is 7.57. The van der Waals surface area contributed by atoms with Crippen LogP contribution in [0.15, 0.2) is 16.6 Å². The quantitative estimate of drug-likeness (QED) is 0.752. The summed E-state index contributed by atoms with van der Waals surface area (Å²) in [4.78, 5) is 23.0. The zero-order valence-corrected chi connectivity index (χ0v) is 14.2. The summed E-state index contributed by atoms with van der Waals surface area (Å²) in [7, 11) is 0. The van der Waals surface area contributed by atoms with Crippen molar-refractivity contribution in [2.45, 2.75) is 40.2 Å². The second kappa shape index (κ2) is 7.45. The van der Waals surface area contributed by atoms with E-state index in [0.717, 1.165) is 15.6 Å². The number of nitrogens with one attached hydrogen (secondary N) is 2. The highest BCUT2D eigenvalue weighted by Gasteiger charge is 2.21. The van der Waals surface area contributed by atoms with Crippen LogP contribution in [0.25, 0.3) is 0 Å². The lowest BCUT2D eigenvalue weighted by Crippen LogP contribution is -2.43. The monoisotopic (exact) mass is 356 g/mol. The number of aliphatic carboxylic acids is 1. The number of rotatable bonds is 5. The Morgan fingerprint density at radius 1 is 1.24 bits per heavy atom. The number of benzene rings is 1. The Hall–Kier alpha value is -1.56. The summed E-state index contributed by atoms with van der Waals surface area (Å²) in [6, 6.07) is 2.26. The van der Waals surface area contributed by atoms with Gasteiger partial charge in [-0.2, -0.15) is 0 Å². The minimum absolute atomic E-state index is 0.184. The van der Waals surface area contributed by atoms with E-state index in [9.17, 15) is 9.59 Å². The number of hydrogen-bond acceptors (Lipinski definition) is 2. The van der Waals surface area contributed by atoms with Gasteiger partial charge in [-0.15, -0.1) is 0 Å². The first-order chi connectivity index (χ1) is 9.70. The van der Waals surface area contributed by atoms with Crippen molar-refractivity contribution in [2.24, 2.45) is 5.92 Å². The second-order valence-electron chi connectivity index (χ2n) is 5.54. The third-order valence-electron chi connectivity index (χ3n) is 3.00. The van der Waals surface area contributed by atoms with Crippen molar-refractivity contribution in [1.29, 1.82) is 0 Å². The number of carbonyl (C=O) groups is 2. The molecule has 0 fully saturated rings. The summed E-state index contributed by atoms with van der Waals surface area (Å²) < 4.78 is 0.997. The molecule has 21 heavy (non-hydrogen) atoms. The van der Waals surface area contributed by atoms with Gasteiger partial charge in [0.15, 0.2) is 0 Å². The fourth-order valence-corrected chi connectivity index (χ4v) is 2.27. The largest absolute Gasteiger partial charge is 0.480 e. The Morgan fingerprint density at radius 2 is 1.76 bits per heavy atom. The van der Waals surface area contributed by atoms with E-state index in [2.05, 4.69) is 26.6 Å². The van der Waals surface area contributed by atoms with Crippen LogP contribution >= 0.6 is 15.9 Å². The number of amides is 2. The zero-order valence-electron chi connectivity index (χ0n) is 12.7. The highest BCUT2D eigenvalue weighted by atomic mass is 79.9. The molecular weight excluding hydrogens is 336 g/mol. The molecule has 0 aliphatic carbocycles. The highest BCUT2D eigenvalue weighted by molar-refractivity contribution is 9.10. The van der Waals surface area contributed by atoms with E-state index < -0.39 is 18.0 Å². The lowest BCUT2D eigenvalue weighted by molar-refractivity contribution is -0.139. The molecule has 0 aliphatic heterocycles. The van der Waals surface area contributed by atoms with Gasteiger partial charge in [-0.25, -0.2) is 9.59 Å². The van der Waals surface area contributed by atoms with Gasteiger partial charge >= 0.3 is 12.0 Å². The number of carboxylic acids is 1. The number of anilines is 1. The fraction of sp³-hybridized carbons (Fsp3) is 0.467. The highest BCUT2D eigenvalue weighted by Crippen LogP contribution is 2.24. The zero-order chi connectivity index (χ0) is 16.2. The van der Waals surface area contributed by atoms with Crippen molar-refractivity contribution in [2.75, 3.05) is 5.32 Å². The predicted octanol–water partition coefficient (Wildman–Crippen LogP) is 3.69. The number of urea groups is 1. The van der Waals surface area contributed by atoms with Crippen LogP contribution in [-0.4, -0.2) is 23.1 Å². The standard InChI is InChI=1S/C15H21BrN2O3/c1-8(2)5-12(14(19)20)18-15(21)17-11-6-9(3)13(16)10(4)7-11/h6-8,12H,5H2,1-4H3,(H,19,20)(H2,17,18,21)/t12-/m1/s1. The maximum Gasteiger partial charge on any atom is 0.326 e. The molecule has 0 unspecified atom stereocenters. The molecule has 5 nitrogen and oxygen atoms in total. The Bertz CT molecular complexity index is 521. The molecular formula is C15H21BrN2O3. The molecule has 1 aromatic carbocycles. The summed E-state index contributed by atoms with van der Waals surface area (Å²) in [5.74, 6) is -0.842. The molecule has 1 atom stereocenters. The van der Waals surface area contributed by atoms with Crippen molar-refractivity contribution in [3.8, 4) is 0 Å². The minimum Gasteiger partial charge on any atom is -0.480 e. The van der Waals surface area contributed by atoms with Crippen LogP contribution in [0, 0.1) is 19.8 Å². The number of carbonyl (C=O) groups excluding carboxylic acids is 1. The van der Waals surface area contributed by atoms with Crippen LogP contribution < -0.4 is 10.6 Å². The van der Waals surface area contributed by atoms with Gasteiger partial charge in [0.2, 0.25) is 0 Å². The molecule has 0 spiro atoms. The van der Waals surface area contributed by atoms with Crippen molar-refractivity contribution in [1.82, 2.24) is 5.32 Å². The Labute approximate surface area is 133 Å². The Morgan fingerprint density at radius 3 is 2.19 bits per heavy atom. The molecule has 6 heteroatoms. The smallest absolute Gasteiger partial charge is 0.326 e. The molecule has 2 amide bonds. The van der Waals surface area contributed by atoms with Crippen LogP contribution in [-0.2, 0) is 4.79 Å². The molecule has 3 N–H and O–H groups in total. The first-order valence-electron chi connectivity index (χ1n) is 6.77. The summed E-state index contributed by atoms with van der Waals surface area (Å²) in [6.07, 6.45) is 0.390. The van der Waals surface area contributed by atoms with Gasteiger partial charge in [-0.3, -0.25) is 0 Å². The van der Waals surface area contributed by atoms with Crippen molar-refractivity contribution >= 4 is 33.6 Å². The summed E-state index contributed by atoms with van der Waals surface area (Å²) >= 11 is 3.46. The molecule has 1 aromatic rings. The van der Waals surface area contributed by atoms with Crippen LogP contribution in [0.3, 0.4) is 0 Å². The van der Waals surface area contributed by atoms with Gasteiger partial charge < -0.3 is 15.7 Å². The molecule has 0 aliphatic rings. The van der Waals surface area contributed by atoms with Crippen molar-refractivity contribution in [3.05, 3.63) is 27.7 Å². The van der Waals surface area contributed by atoms with Crippen LogP contribution in [0.1, 0.15) is 31.4 Å². The summed E-state index contributed by atoms with van der Waals surface area (Å²) in [5, 5.41) is 14.3. The first kappa shape index (κ1) is 17.5. The Kier molecular flexibility index (Phi) is 6.20. The predicted molar refractivity (Wildman–Crippen MR) is 86.6 cm³/mol. The molecule has 1 rings (SSSR count). The molecule has 0 aromatic heterocycles. The molecule has 116 valence electrons. The minimum atomic E-state index is -1.03. The van der Waals surface area contributed by atoms with E-state index in [4.69, 9.17) is 5.11 Å². The Balaban J connectivity index is 2.74. The van der Waals surface area contributed by atoms with E-state index in [1.54, 1.807) is 0 Å². The van der Waals surface area contributed by atoms with Crippen LogP contribution in [0.2, 0.25) is 0 Å². The average Bonchev–Trinajstić information content (AvgIpc) is 2.34. The third kappa shape index (κ3) is 5.38. The third-order valence-corrected chi connectivity index (χ3v) is 4.26. The maximum absolute atomic E-state index is 11.9. The van der Waals surface area contributed by atoms with E-state index in [1.165, 1.54) is 0 Å². The number of carboxylic acid groups (broad SMARTS) is 1. The lowest BCUT2D eigenvalue weighted by atomic mass is 10.0. The van der Waals surface area contributed by atoms with E-state index in [1.807, 2.05) is 39.8 Å². The van der Waals surface area contributed by atoms with E-state index >= 15 is 0 Å². The van der Waals surface area contributed by atoms with Gasteiger partial charge in [0.1, 0.15) is 6.04 Å². The van der Waals surface area contributed by atoms with Gasteiger partial charge in [0.25, 0.3) is 0 Å². The van der Waals surface area contributed by atoms with Gasteiger partial charge in [0.05, 0.1) is 0 Å². The van der Waals surface area contributed by atoms with Crippen LogP contribution in [0.5, 0.6) is 0 Å². The number of aryl methyl sites for hydroxylation is 2. The normalized spacial score (nSPS) is 12.1. The second-order valence-corrected chi connectivity index (χ2v) is 6.34. The van der Waals surface area contributed by atoms with Crippen LogP contribution in [0.4, 0.5) is 10.5 Å².